The molecule has 0 spiro atoms. The highest BCUT2D eigenvalue weighted by atomic mass is 35.5. The molecule has 5 rings (SSSR count). The molecule has 8 heteroatoms. The van der Waals surface area contributed by atoms with E-state index in [1.165, 1.54) is 22.9 Å². The van der Waals surface area contributed by atoms with Crippen LogP contribution in [0.1, 0.15) is 24.4 Å². The number of rotatable bonds is 4. The normalized spacial score (nSPS) is 17.9. The average molecular weight is 436 g/mol. The van der Waals surface area contributed by atoms with Crippen molar-refractivity contribution in [3.63, 3.8) is 0 Å². The second-order valence-corrected chi connectivity index (χ2v) is 8.50. The second-order valence-electron chi connectivity index (χ2n) is 7.71. The van der Waals surface area contributed by atoms with Crippen molar-refractivity contribution in [2.45, 2.75) is 24.4 Å². The molecule has 1 aliphatic heterocycles. The Kier molecular flexibility index (Phi) is 4.35. The summed E-state index contributed by atoms with van der Waals surface area (Å²) in [6, 6.07) is 7.65. The Morgan fingerprint density at radius 1 is 1.07 bits per heavy atom. The minimum absolute atomic E-state index is 0.0690. The fourth-order valence-electron chi connectivity index (χ4n) is 3.97. The molecule has 1 aliphatic carbocycles. The minimum atomic E-state index is -0.817. The molecule has 2 aromatic carbocycles. The predicted octanol–water partition coefficient (Wildman–Crippen LogP) is 4.83. The van der Waals surface area contributed by atoms with Crippen molar-refractivity contribution in [2.75, 3.05) is 18.4 Å². The van der Waals surface area contributed by atoms with Gasteiger partial charge in [0.15, 0.2) is 0 Å². The van der Waals surface area contributed by atoms with Gasteiger partial charge in [-0.05, 0) is 43.2 Å². The van der Waals surface area contributed by atoms with E-state index in [4.69, 9.17) is 23.2 Å². The van der Waals surface area contributed by atoms with E-state index in [-0.39, 0.29) is 32.6 Å². The molecule has 3 aromatic rings. The molecule has 0 radical (unpaired) electrons. The van der Waals surface area contributed by atoms with Crippen molar-refractivity contribution < 1.29 is 8.78 Å². The Morgan fingerprint density at radius 3 is 2.48 bits per heavy atom. The van der Waals surface area contributed by atoms with Gasteiger partial charge in [-0.25, -0.2) is 8.78 Å². The lowest BCUT2D eigenvalue weighted by molar-refractivity contribution is 0.307. The standard InChI is InChI=1S/C21H17Cl2F2N3O/c22-15-5-6-16(24)18(19(15)23)21(9-26-10-21)27-11-1-4-13-14(7-11)20(29)28(8-17(13)25)12-2-3-12/h1,4-8,12,26-27H,2-3,9-10H2. The molecule has 1 saturated carbocycles. The first-order valence-electron chi connectivity index (χ1n) is 9.37. The number of anilines is 1. The lowest BCUT2D eigenvalue weighted by atomic mass is 9.83. The molecule has 0 unspecified atom stereocenters. The van der Waals surface area contributed by atoms with Crippen molar-refractivity contribution in [3.05, 3.63) is 74.1 Å². The summed E-state index contributed by atoms with van der Waals surface area (Å²) in [6.45, 7) is 0.856. The molecular formula is C21H17Cl2F2N3O. The third-order valence-corrected chi connectivity index (χ3v) is 6.50. The summed E-state index contributed by atoms with van der Waals surface area (Å²) in [6.07, 6.45) is 3.04. The Hall–Kier alpha value is -2.15. The van der Waals surface area contributed by atoms with Crippen LogP contribution in [-0.2, 0) is 5.54 Å². The van der Waals surface area contributed by atoms with Crippen LogP contribution in [0.3, 0.4) is 0 Å². The van der Waals surface area contributed by atoms with E-state index >= 15 is 0 Å². The van der Waals surface area contributed by atoms with E-state index < -0.39 is 17.2 Å². The molecule has 4 nitrogen and oxygen atoms in total. The molecule has 2 N–H and O–H groups in total. The lowest BCUT2D eigenvalue weighted by Gasteiger charge is -2.45. The van der Waals surface area contributed by atoms with E-state index in [2.05, 4.69) is 10.6 Å². The first kappa shape index (κ1) is 18.9. The smallest absolute Gasteiger partial charge is 0.258 e. The molecule has 2 fully saturated rings. The minimum Gasteiger partial charge on any atom is -0.373 e. The molecule has 0 bridgehead atoms. The number of halogens is 4. The van der Waals surface area contributed by atoms with Crippen molar-refractivity contribution in [3.8, 4) is 0 Å². The number of hydrogen-bond acceptors (Lipinski definition) is 3. The molecule has 1 aromatic heterocycles. The van der Waals surface area contributed by atoms with E-state index in [0.717, 1.165) is 12.8 Å². The van der Waals surface area contributed by atoms with Crippen molar-refractivity contribution in [1.29, 1.82) is 0 Å². The van der Waals surface area contributed by atoms with Gasteiger partial charge in [-0.2, -0.15) is 0 Å². The zero-order valence-electron chi connectivity index (χ0n) is 15.2. The zero-order valence-corrected chi connectivity index (χ0v) is 16.7. The highest BCUT2D eigenvalue weighted by molar-refractivity contribution is 6.42. The van der Waals surface area contributed by atoms with E-state index in [1.807, 2.05) is 0 Å². The fourth-order valence-corrected chi connectivity index (χ4v) is 4.46. The van der Waals surface area contributed by atoms with Gasteiger partial charge in [-0.1, -0.05) is 23.2 Å². The number of nitrogens with zero attached hydrogens (tertiary/aromatic N) is 1. The molecular weight excluding hydrogens is 419 g/mol. The molecule has 150 valence electrons. The number of hydrogen-bond donors (Lipinski definition) is 2. The van der Waals surface area contributed by atoms with Gasteiger partial charge in [0.05, 0.1) is 21.0 Å². The van der Waals surface area contributed by atoms with Gasteiger partial charge in [0.25, 0.3) is 5.56 Å². The first-order chi connectivity index (χ1) is 13.9. The summed E-state index contributed by atoms with van der Waals surface area (Å²) in [5.74, 6) is -0.890. The Morgan fingerprint density at radius 2 is 1.83 bits per heavy atom. The lowest BCUT2D eigenvalue weighted by Crippen LogP contribution is -2.62. The maximum atomic E-state index is 14.7. The van der Waals surface area contributed by atoms with E-state index in [0.29, 0.717) is 24.2 Å². The van der Waals surface area contributed by atoms with E-state index in [9.17, 15) is 13.6 Å². The highest BCUT2D eigenvalue weighted by Crippen LogP contribution is 2.40. The van der Waals surface area contributed by atoms with Crippen LogP contribution in [0.5, 0.6) is 0 Å². The molecule has 0 amide bonds. The van der Waals surface area contributed by atoms with Crippen molar-refractivity contribution in [1.82, 2.24) is 9.88 Å². The number of fused-ring (bicyclic) bond motifs is 1. The Labute approximate surface area is 175 Å². The quantitative estimate of drug-likeness (QED) is 0.576. The average Bonchev–Trinajstić information content (AvgIpc) is 3.51. The summed E-state index contributed by atoms with van der Waals surface area (Å²) >= 11 is 12.4. The summed E-state index contributed by atoms with van der Waals surface area (Å²) in [7, 11) is 0. The van der Waals surface area contributed by atoms with Gasteiger partial charge in [0.1, 0.15) is 11.6 Å². The number of aromatic nitrogens is 1. The maximum Gasteiger partial charge on any atom is 0.258 e. The van der Waals surface area contributed by atoms with Crippen LogP contribution in [0.4, 0.5) is 14.5 Å². The van der Waals surface area contributed by atoms with Crippen LogP contribution in [0, 0.1) is 11.6 Å². The topological polar surface area (TPSA) is 46.1 Å². The monoisotopic (exact) mass is 435 g/mol. The summed E-state index contributed by atoms with van der Waals surface area (Å²) in [5.41, 5.74) is -0.178. The maximum absolute atomic E-state index is 14.7. The summed E-state index contributed by atoms with van der Waals surface area (Å²) in [4.78, 5) is 12.8. The third-order valence-electron chi connectivity index (χ3n) is 5.69. The van der Waals surface area contributed by atoms with Gasteiger partial charge in [-0.3, -0.25) is 4.79 Å². The van der Waals surface area contributed by atoms with Crippen LogP contribution >= 0.6 is 23.2 Å². The largest absolute Gasteiger partial charge is 0.373 e. The zero-order chi connectivity index (χ0) is 20.3. The van der Waals surface area contributed by atoms with Crippen LogP contribution in [0.15, 0.2) is 41.3 Å². The van der Waals surface area contributed by atoms with Crippen LogP contribution in [-0.4, -0.2) is 17.7 Å². The SMILES string of the molecule is O=c1c2cc(NC3(c4c(F)ccc(Cl)c4Cl)CNC3)ccc2c(F)cn1C1CC1. The van der Waals surface area contributed by atoms with Crippen molar-refractivity contribution >= 4 is 39.7 Å². The number of nitrogens with one attached hydrogen (secondary N) is 2. The van der Waals surface area contributed by atoms with Gasteiger partial charge in [0, 0.05) is 42.0 Å². The highest BCUT2D eigenvalue weighted by Gasteiger charge is 2.43. The molecule has 0 atom stereocenters. The van der Waals surface area contributed by atoms with Gasteiger partial charge < -0.3 is 15.2 Å². The van der Waals surface area contributed by atoms with Gasteiger partial charge >= 0.3 is 0 Å². The third kappa shape index (κ3) is 3.01. The van der Waals surface area contributed by atoms with Crippen LogP contribution < -0.4 is 16.2 Å². The van der Waals surface area contributed by atoms with Gasteiger partial charge in [-0.15, -0.1) is 0 Å². The molecule has 29 heavy (non-hydrogen) atoms. The van der Waals surface area contributed by atoms with Crippen LogP contribution in [0.25, 0.3) is 10.8 Å². The summed E-state index contributed by atoms with van der Waals surface area (Å²) in [5, 5.41) is 7.42. The first-order valence-corrected chi connectivity index (χ1v) is 10.1. The van der Waals surface area contributed by atoms with Crippen LogP contribution in [0.2, 0.25) is 10.0 Å². The Bertz CT molecular complexity index is 1200. The molecule has 1 saturated heterocycles. The second kappa shape index (κ2) is 6.69. The molecule has 2 aliphatic rings. The fraction of sp³-hybridized carbons (Fsp3) is 0.286. The predicted molar refractivity (Wildman–Crippen MR) is 111 cm³/mol. The van der Waals surface area contributed by atoms with Gasteiger partial charge in [0.2, 0.25) is 0 Å². The molecule has 2 heterocycles. The van der Waals surface area contributed by atoms with Crippen molar-refractivity contribution in [2.24, 2.45) is 0 Å². The number of benzene rings is 2. The number of pyridine rings is 1. The van der Waals surface area contributed by atoms with E-state index in [1.54, 1.807) is 18.2 Å². The Balaban J connectivity index is 1.60. The summed E-state index contributed by atoms with van der Waals surface area (Å²) < 4.78 is 30.6.